The zero-order chi connectivity index (χ0) is 19.3. The number of esters is 1. The molecule has 146 valence electrons. The van der Waals surface area contributed by atoms with Gasteiger partial charge in [-0.1, -0.05) is 6.07 Å². The number of nitrogens with zero attached hydrogens (tertiary/aromatic N) is 1. The molecule has 0 spiro atoms. The van der Waals surface area contributed by atoms with Crippen molar-refractivity contribution in [1.29, 1.82) is 0 Å². The molecule has 0 radical (unpaired) electrons. The highest BCUT2D eigenvalue weighted by Gasteiger charge is 2.32. The quantitative estimate of drug-likeness (QED) is 0.755. The number of ether oxygens (including phenoxy) is 5. The lowest BCUT2D eigenvalue weighted by molar-refractivity contribution is 0.0594. The molecule has 7 nitrogen and oxygen atoms in total. The van der Waals surface area contributed by atoms with Gasteiger partial charge in [-0.3, -0.25) is 4.90 Å². The van der Waals surface area contributed by atoms with E-state index < -0.39 is 5.97 Å². The van der Waals surface area contributed by atoms with Crippen LogP contribution in [0.1, 0.15) is 33.1 Å². The van der Waals surface area contributed by atoms with Gasteiger partial charge in [-0.15, -0.1) is 0 Å². The van der Waals surface area contributed by atoms with E-state index in [4.69, 9.17) is 23.7 Å². The fraction of sp³-hybridized carbons (Fsp3) is 0.381. The van der Waals surface area contributed by atoms with E-state index in [9.17, 15) is 4.79 Å². The molecular weight excluding hydrogens is 362 g/mol. The van der Waals surface area contributed by atoms with Crippen molar-refractivity contribution in [3.05, 3.63) is 46.5 Å². The predicted octanol–water partition coefficient (Wildman–Crippen LogP) is 2.70. The van der Waals surface area contributed by atoms with Crippen molar-refractivity contribution in [1.82, 2.24) is 4.90 Å². The molecular formula is C21H21NO6. The van der Waals surface area contributed by atoms with E-state index in [2.05, 4.69) is 24.1 Å². The van der Waals surface area contributed by atoms with E-state index in [0.29, 0.717) is 23.5 Å². The van der Waals surface area contributed by atoms with Gasteiger partial charge in [-0.25, -0.2) is 4.79 Å². The lowest BCUT2D eigenvalue weighted by atomic mass is 9.87. The van der Waals surface area contributed by atoms with E-state index in [1.54, 1.807) is 0 Å². The van der Waals surface area contributed by atoms with Crippen LogP contribution in [0.4, 0.5) is 0 Å². The van der Waals surface area contributed by atoms with Crippen molar-refractivity contribution in [3.8, 4) is 23.0 Å². The number of methoxy groups -OCH3 is 1. The Morgan fingerprint density at radius 1 is 1.11 bits per heavy atom. The maximum Gasteiger partial charge on any atom is 0.342 e. The van der Waals surface area contributed by atoms with Gasteiger partial charge in [-0.2, -0.15) is 0 Å². The second-order valence-electron chi connectivity index (χ2n) is 7.18. The number of fused-ring (bicyclic) bond motifs is 3. The summed E-state index contributed by atoms with van der Waals surface area (Å²) in [6, 6.07) is 8.03. The summed E-state index contributed by atoms with van der Waals surface area (Å²) in [5.41, 5.74) is 3.77. The summed E-state index contributed by atoms with van der Waals surface area (Å²) in [5, 5.41) is 0. The molecule has 0 aliphatic carbocycles. The average molecular weight is 383 g/mol. The van der Waals surface area contributed by atoms with Crippen LogP contribution in [0.2, 0.25) is 0 Å². The normalized spacial score (nSPS) is 19.4. The Morgan fingerprint density at radius 3 is 2.68 bits per heavy atom. The monoisotopic (exact) mass is 383 g/mol. The Bertz CT molecular complexity index is 956. The van der Waals surface area contributed by atoms with Crippen LogP contribution in [0.3, 0.4) is 0 Å². The van der Waals surface area contributed by atoms with Crippen LogP contribution >= 0.6 is 0 Å². The average Bonchev–Trinajstić information content (AvgIpc) is 3.36. The predicted molar refractivity (Wildman–Crippen MR) is 99.2 cm³/mol. The first kappa shape index (κ1) is 17.2. The van der Waals surface area contributed by atoms with Gasteiger partial charge in [0.05, 0.1) is 7.11 Å². The lowest BCUT2D eigenvalue weighted by Crippen LogP contribution is -2.33. The minimum absolute atomic E-state index is 0.0991. The van der Waals surface area contributed by atoms with Gasteiger partial charge >= 0.3 is 5.97 Å². The van der Waals surface area contributed by atoms with E-state index >= 15 is 0 Å². The molecule has 5 rings (SSSR count). The third kappa shape index (κ3) is 2.65. The molecule has 1 unspecified atom stereocenters. The largest absolute Gasteiger partial charge is 0.465 e. The fourth-order valence-electron chi connectivity index (χ4n) is 4.20. The number of hydrogen-bond acceptors (Lipinski definition) is 7. The summed E-state index contributed by atoms with van der Waals surface area (Å²) < 4.78 is 27.1. The zero-order valence-electron chi connectivity index (χ0n) is 15.8. The maximum absolute atomic E-state index is 12.5. The highest BCUT2D eigenvalue weighted by atomic mass is 16.7. The van der Waals surface area contributed by atoms with Gasteiger partial charge in [0, 0.05) is 12.6 Å². The van der Waals surface area contributed by atoms with Crippen molar-refractivity contribution in [3.63, 3.8) is 0 Å². The molecule has 3 aliphatic heterocycles. The Labute approximate surface area is 162 Å². The molecule has 1 atom stereocenters. The highest BCUT2D eigenvalue weighted by molar-refractivity contribution is 5.95. The third-order valence-corrected chi connectivity index (χ3v) is 5.69. The zero-order valence-corrected chi connectivity index (χ0v) is 15.8. The fourth-order valence-corrected chi connectivity index (χ4v) is 4.20. The first-order chi connectivity index (χ1) is 13.7. The topological polar surface area (TPSA) is 66.5 Å². The van der Waals surface area contributed by atoms with Crippen molar-refractivity contribution in [2.45, 2.75) is 18.9 Å². The van der Waals surface area contributed by atoms with Crippen LogP contribution in [0.25, 0.3) is 0 Å². The molecule has 2 aromatic carbocycles. The molecule has 0 amide bonds. The van der Waals surface area contributed by atoms with E-state index in [0.717, 1.165) is 30.0 Å². The summed E-state index contributed by atoms with van der Waals surface area (Å²) in [5.74, 6) is 2.21. The molecule has 3 heterocycles. The minimum atomic E-state index is -0.415. The molecule has 0 saturated carbocycles. The van der Waals surface area contributed by atoms with Crippen LogP contribution in [0, 0.1) is 0 Å². The summed E-state index contributed by atoms with van der Waals surface area (Å²) in [6.45, 7) is 1.29. The Balaban J connectivity index is 1.56. The molecule has 0 N–H and O–H groups in total. The number of hydrogen-bond donors (Lipinski definition) is 0. The standard InChI is InChI=1S/C21H21NO6/c1-22-6-5-12-8-17-18(27-10-26-17)9-14(12)15(22)7-13-3-4-16-20(28-11-25-16)19(13)21(23)24-2/h3-4,8-9,15H,5-7,10-11H2,1-2H3. The van der Waals surface area contributed by atoms with Gasteiger partial charge in [0.1, 0.15) is 5.56 Å². The SMILES string of the molecule is COC(=O)c1c(CC2c3cc4c(cc3CCN2C)OCO4)ccc2c1OCO2. The molecule has 0 bridgehead atoms. The van der Waals surface area contributed by atoms with Gasteiger partial charge in [0.25, 0.3) is 0 Å². The number of carbonyl (C=O) groups excluding carboxylic acids is 1. The van der Waals surface area contributed by atoms with Crippen molar-refractivity contribution < 1.29 is 28.5 Å². The van der Waals surface area contributed by atoms with E-state index in [-0.39, 0.29) is 19.6 Å². The number of likely N-dealkylation sites (N-methyl/N-ethyl adjacent to an activating group) is 1. The number of benzene rings is 2. The minimum Gasteiger partial charge on any atom is -0.465 e. The summed E-state index contributed by atoms with van der Waals surface area (Å²) in [4.78, 5) is 14.8. The first-order valence-corrected chi connectivity index (χ1v) is 9.28. The summed E-state index contributed by atoms with van der Waals surface area (Å²) in [7, 11) is 3.48. The van der Waals surface area contributed by atoms with Crippen molar-refractivity contribution >= 4 is 5.97 Å². The molecule has 0 fully saturated rings. The van der Waals surface area contributed by atoms with Gasteiger partial charge in [-0.05, 0) is 54.8 Å². The van der Waals surface area contributed by atoms with Gasteiger partial charge < -0.3 is 23.7 Å². The molecule has 0 saturated heterocycles. The highest BCUT2D eigenvalue weighted by Crippen LogP contribution is 2.43. The van der Waals surface area contributed by atoms with E-state index in [1.807, 2.05) is 12.1 Å². The van der Waals surface area contributed by atoms with Gasteiger partial charge in [0.2, 0.25) is 13.6 Å². The lowest BCUT2D eigenvalue weighted by Gasteiger charge is -2.35. The molecule has 3 aliphatic rings. The second kappa shape index (κ2) is 6.60. The Kier molecular flexibility index (Phi) is 4.05. The van der Waals surface area contributed by atoms with Crippen molar-refractivity contribution in [2.24, 2.45) is 0 Å². The maximum atomic E-state index is 12.5. The first-order valence-electron chi connectivity index (χ1n) is 9.28. The van der Waals surface area contributed by atoms with E-state index in [1.165, 1.54) is 18.2 Å². The second-order valence-corrected chi connectivity index (χ2v) is 7.18. The summed E-state index contributed by atoms with van der Waals surface area (Å²) in [6.07, 6.45) is 1.59. The van der Waals surface area contributed by atoms with Crippen LogP contribution in [-0.2, 0) is 17.6 Å². The summed E-state index contributed by atoms with van der Waals surface area (Å²) >= 11 is 0. The van der Waals surface area contributed by atoms with Gasteiger partial charge in [0.15, 0.2) is 23.0 Å². The molecule has 7 heteroatoms. The molecule has 2 aromatic rings. The molecule has 28 heavy (non-hydrogen) atoms. The van der Waals surface area contributed by atoms with Crippen LogP contribution < -0.4 is 18.9 Å². The Hall–Kier alpha value is -2.93. The van der Waals surface area contributed by atoms with Crippen LogP contribution in [-0.4, -0.2) is 45.2 Å². The third-order valence-electron chi connectivity index (χ3n) is 5.69. The van der Waals surface area contributed by atoms with Crippen LogP contribution in [0.5, 0.6) is 23.0 Å². The molecule has 0 aromatic heterocycles. The number of carbonyl (C=O) groups is 1. The number of rotatable bonds is 3. The van der Waals surface area contributed by atoms with Crippen molar-refractivity contribution in [2.75, 3.05) is 34.3 Å². The smallest absolute Gasteiger partial charge is 0.342 e. The van der Waals surface area contributed by atoms with Crippen LogP contribution in [0.15, 0.2) is 24.3 Å². The Morgan fingerprint density at radius 2 is 1.86 bits per heavy atom.